The number of H-pyrrole nitrogens is 1. The molecule has 0 bridgehead atoms. The van der Waals surface area contributed by atoms with Gasteiger partial charge >= 0.3 is 5.97 Å². The SMILES string of the molecule is Nc1nc(SCC2CCC(C(=O)O)O2)n[nH]1. The zero-order valence-corrected chi connectivity index (χ0v) is 9.24. The van der Waals surface area contributed by atoms with Crippen LogP contribution in [0.25, 0.3) is 0 Å². The Morgan fingerprint density at radius 2 is 2.50 bits per heavy atom. The number of carboxylic acid groups (broad SMARTS) is 1. The summed E-state index contributed by atoms with van der Waals surface area (Å²) < 4.78 is 5.33. The van der Waals surface area contributed by atoms with Crippen molar-refractivity contribution in [3.63, 3.8) is 0 Å². The summed E-state index contributed by atoms with van der Waals surface area (Å²) in [6.45, 7) is 0. The van der Waals surface area contributed by atoms with Gasteiger partial charge in [0.05, 0.1) is 6.10 Å². The molecule has 0 saturated carbocycles. The zero-order valence-electron chi connectivity index (χ0n) is 8.42. The number of nitrogens with zero attached hydrogens (tertiary/aromatic N) is 2. The highest BCUT2D eigenvalue weighted by Gasteiger charge is 2.30. The zero-order chi connectivity index (χ0) is 11.5. The van der Waals surface area contributed by atoms with E-state index < -0.39 is 12.1 Å². The second kappa shape index (κ2) is 4.71. The van der Waals surface area contributed by atoms with Crippen LogP contribution in [0.2, 0.25) is 0 Å². The number of aliphatic carboxylic acids is 1. The number of nitrogens with one attached hydrogen (secondary N) is 1. The Morgan fingerprint density at radius 3 is 3.06 bits per heavy atom. The molecule has 2 atom stereocenters. The molecule has 0 aliphatic carbocycles. The molecule has 0 spiro atoms. The minimum absolute atomic E-state index is 0.0502. The number of aromatic nitrogens is 3. The van der Waals surface area contributed by atoms with Gasteiger partial charge < -0.3 is 15.6 Å². The van der Waals surface area contributed by atoms with Gasteiger partial charge in [-0.1, -0.05) is 11.8 Å². The van der Waals surface area contributed by atoms with Gasteiger partial charge in [-0.15, -0.1) is 5.10 Å². The van der Waals surface area contributed by atoms with Gasteiger partial charge in [-0.05, 0) is 12.8 Å². The number of carbonyl (C=O) groups is 1. The molecule has 0 amide bonds. The van der Waals surface area contributed by atoms with Gasteiger partial charge in [-0.25, -0.2) is 9.89 Å². The normalized spacial score (nSPS) is 24.8. The molecule has 1 aliphatic rings. The molecular formula is C8H12N4O3S. The lowest BCUT2D eigenvalue weighted by Crippen LogP contribution is -2.21. The van der Waals surface area contributed by atoms with Crippen LogP contribution < -0.4 is 5.73 Å². The maximum atomic E-state index is 10.6. The second-order valence-corrected chi connectivity index (χ2v) is 4.46. The molecule has 1 aromatic heterocycles. The lowest BCUT2D eigenvalue weighted by atomic mass is 10.2. The average molecular weight is 244 g/mol. The summed E-state index contributed by atoms with van der Waals surface area (Å²) in [5, 5.41) is 15.7. The van der Waals surface area contributed by atoms with Crippen molar-refractivity contribution in [2.45, 2.75) is 30.2 Å². The molecule has 0 radical (unpaired) electrons. The first-order valence-corrected chi connectivity index (χ1v) is 5.82. The first-order chi connectivity index (χ1) is 7.65. The largest absolute Gasteiger partial charge is 0.479 e. The van der Waals surface area contributed by atoms with Crippen LogP contribution in [0.4, 0.5) is 5.95 Å². The molecule has 88 valence electrons. The Morgan fingerprint density at radius 1 is 1.69 bits per heavy atom. The van der Waals surface area contributed by atoms with E-state index >= 15 is 0 Å². The van der Waals surface area contributed by atoms with Crippen molar-refractivity contribution in [3.05, 3.63) is 0 Å². The van der Waals surface area contributed by atoms with E-state index in [-0.39, 0.29) is 12.1 Å². The molecule has 2 rings (SSSR count). The van der Waals surface area contributed by atoms with E-state index in [0.717, 1.165) is 6.42 Å². The maximum Gasteiger partial charge on any atom is 0.332 e. The number of nitrogen functional groups attached to an aromatic ring is 1. The van der Waals surface area contributed by atoms with Gasteiger partial charge in [-0.3, -0.25) is 0 Å². The molecule has 1 aromatic rings. The Kier molecular flexibility index (Phi) is 3.30. The summed E-state index contributed by atoms with van der Waals surface area (Å²) in [5.74, 6) is 0.0223. The first kappa shape index (κ1) is 11.2. The van der Waals surface area contributed by atoms with Crippen molar-refractivity contribution >= 4 is 23.7 Å². The van der Waals surface area contributed by atoms with Crippen molar-refractivity contribution in [2.24, 2.45) is 0 Å². The molecule has 1 saturated heterocycles. The second-order valence-electron chi connectivity index (χ2n) is 3.48. The first-order valence-electron chi connectivity index (χ1n) is 4.84. The summed E-state index contributed by atoms with van der Waals surface area (Å²) in [6.07, 6.45) is 0.606. The van der Waals surface area contributed by atoms with Crippen molar-refractivity contribution in [1.29, 1.82) is 0 Å². The minimum atomic E-state index is -0.894. The number of hydrogen-bond acceptors (Lipinski definition) is 6. The molecule has 8 heteroatoms. The molecule has 7 nitrogen and oxygen atoms in total. The molecule has 0 aromatic carbocycles. The highest BCUT2D eigenvalue weighted by molar-refractivity contribution is 7.99. The molecule has 2 heterocycles. The number of rotatable bonds is 4. The third-order valence-electron chi connectivity index (χ3n) is 2.26. The number of hydrogen-bond donors (Lipinski definition) is 3. The fourth-order valence-corrected chi connectivity index (χ4v) is 2.35. The Hall–Kier alpha value is -1.28. The van der Waals surface area contributed by atoms with Gasteiger partial charge in [0, 0.05) is 5.75 Å². The third-order valence-corrected chi connectivity index (χ3v) is 3.24. The van der Waals surface area contributed by atoms with Crippen LogP contribution >= 0.6 is 11.8 Å². The summed E-state index contributed by atoms with van der Waals surface area (Å²) in [6, 6.07) is 0. The van der Waals surface area contributed by atoms with E-state index in [1.54, 1.807) is 0 Å². The van der Waals surface area contributed by atoms with E-state index in [1.165, 1.54) is 11.8 Å². The minimum Gasteiger partial charge on any atom is -0.479 e. The molecular weight excluding hydrogens is 232 g/mol. The fraction of sp³-hybridized carbons (Fsp3) is 0.625. The number of aromatic amines is 1. The van der Waals surface area contributed by atoms with E-state index in [0.29, 0.717) is 17.3 Å². The van der Waals surface area contributed by atoms with Crippen LogP contribution in [0, 0.1) is 0 Å². The van der Waals surface area contributed by atoms with Gasteiger partial charge in [0.1, 0.15) is 0 Å². The van der Waals surface area contributed by atoms with E-state index in [9.17, 15) is 4.79 Å². The highest BCUT2D eigenvalue weighted by Crippen LogP contribution is 2.25. The average Bonchev–Trinajstić information content (AvgIpc) is 2.83. The van der Waals surface area contributed by atoms with E-state index in [2.05, 4.69) is 15.2 Å². The number of carboxylic acids is 1. The monoisotopic (exact) mass is 244 g/mol. The lowest BCUT2D eigenvalue weighted by Gasteiger charge is -2.08. The van der Waals surface area contributed by atoms with Gasteiger partial charge in [-0.2, -0.15) is 4.98 Å². The van der Waals surface area contributed by atoms with Gasteiger partial charge in [0.2, 0.25) is 11.1 Å². The Labute approximate surface area is 95.8 Å². The topological polar surface area (TPSA) is 114 Å². The van der Waals surface area contributed by atoms with Crippen LogP contribution in [0.3, 0.4) is 0 Å². The number of anilines is 1. The van der Waals surface area contributed by atoms with Crippen LogP contribution in [-0.4, -0.2) is 44.2 Å². The predicted octanol–water partition coefficient (Wildman–Crippen LogP) is 0.111. The number of thioether (sulfide) groups is 1. The van der Waals surface area contributed by atoms with Crippen molar-refractivity contribution in [1.82, 2.24) is 15.2 Å². The van der Waals surface area contributed by atoms with Crippen molar-refractivity contribution in [2.75, 3.05) is 11.5 Å². The quantitative estimate of drug-likeness (QED) is 0.644. The van der Waals surface area contributed by atoms with Crippen LogP contribution in [0.5, 0.6) is 0 Å². The summed E-state index contributed by atoms with van der Waals surface area (Å²) in [4.78, 5) is 14.6. The van der Waals surface area contributed by atoms with E-state index in [4.69, 9.17) is 15.6 Å². The third kappa shape index (κ3) is 2.64. The van der Waals surface area contributed by atoms with Gasteiger partial charge in [0.15, 0.2) is 6.10 Å². The Bertz CT molecular complexity index is 383. The van der Waals surface area contributed by atoms with Crippen LogP contribution in [0.1, 0.15) is 12.8 Å². The van der Waals surface area contributed by atoms with Crippen molar-refractivity contribution < 1.29 is 14.6 Å². The lowest BCUT2D eigenvalue weighted by molar-refractivity contribution is -0.148. The number of ether oxygens (including phenoxy) is 1. The molecule has 16 heavy (non-hydrogen) atoms. The van der Waals surface area contributed by atoms with Crippen LogP contribution in [-0.2, 0) is 9.53 Å². The molecule has 1 fully saturated rings. The van der Waals surface area contributed by atoms with Gasteiger partial charge in [0.25, 0.3) is 0 Å². The molecule has 1 aliphatic heterocycles. The Balaban J connectivity index is 1.77. The standard InChI is InChI=1S/C8H12N4O3S/c9-7-10-8(12-11-7)16-3-4-1-2-5(15-4)6(13)14/h4-5H,1-3H2,(H,13,14)(H3,9,10,11,12). The number of nitrogens with two attached hydrogens (primary N) is 1. The highest BCUT2D eigenvalue weighted by atomic mass is 32.2. The van der Waals surface area contributed by atoms with Crippen LogP contribution in [0.15, 0.2) is 5.16 Å². The van der Waals surface area contributed by atoms with Crippen molar-refractivity contribution in [3.8, 4) is 0 Å². The predicted molar refractivity (Wildman–Crippen MR) is 57.0 cm³/mol. The molecule has 4 N–H and O–H groups in total. The smallest absolute Gasteiger partial charge is 0.332 e. The van der Waals surface area contributed by atoms with E-state index in [1.807, 2.05) is 0 Å². The summed E-state index contributed by atoms with van der Waals surface area (Å²) in [5.41, 5.74) is 5.37. The fourth-order valence-electron chi connectivity index (χ4n) is 1.50. The maximum absolute atomic E-state index is 10.6. The summed E-state index contributed by atoms with van der Waals surface area (Å²) >= 11 is 1.40. The molecule has 2 unspecified atom stereocenters. The summed E-state index contributed by atoms with van der Waals surface area (Å²) in [7, 11) is 0.